The molecular formula is C24H23ClFNO4S. The Morgan fingerprint density at radius 3 is 2.41 bits per heavy atom. The summed E-state index contributed by atoms with van der Waals surface area (Å²) in [5.74, 6) is -0.612. The molecule has 8 heteroatoms. The normalized spacial score (nSPS) is 12.2. The van der Waals surface area contributed by atoms with Gasteiger partial charge in [0.1, 0.15) is 16.5 Å². The van der Waals surface area contributed by atoms with Crippen LogP contribution < -0.4 is 4.18 Å². The third-order valence-electron chi connectivity index (χ3n) is 5.01. The van der Waals surface area contributed by atoms with Crippen molar-refractivity contribution in [1.29, 1.82) is 0 Å². The van der Waals surface area contributed by atoms with Crippen LogP contribution >= 0.6 is 11.6 Å². The fraction of sp³-hybridized carbons (Fsp3) is 0.208. The summed E-state index contributed by atoms with van der Waals surface area (Å²) in [4.78, 5) is 14.7. The first kappa shape index (κ1) is 23.8. The summed E-state index contributed by atoms with van der Waals surface area (Å²) < 4.78 is 43.3. The molecule has 0 saturated carbocycles. The van der Waals surface area contributed by atoms with Gasteiger partial charge < -0.3 is 9.08 Å². The van der Waals surface area contributed by atoms with Crippen molar-refractivity contribution in [3.63, 3.8) is 0 Å². The zero-order chi connectivity index (χ0) is 23.3. The Morgan fingerprint density at radius 2 is 1.75 bits per heavy atom. The van der Waals surface area contributed by atoms with Crippen LogP contribution in [0.1, 0.15) is 36.2 Å². The number of benzene rings is 3. The van der Waals surface area contributed by atoms with E-state index in [1.807, 2.05) is 13.8 Å². The molecule has 32 heavy (non-hydrogen) atoms. The second-order valence-electron chi connectivity index (χ2n) is 7.34. The van der Waals surface area contributed by atoms with Crippen molar-refractivity contribution in [2.24, 2.45) is 0 Å². The van der Waals surface area contributed by atoms with Crippen LogP contribution in [0.3, 0.4) is 0 Å². The topological polar surface area (TPSA) is 63.7 Å². The van der Waals surface area contributed by atoms with E-state index >= 15 is 0 Å². The fourth-order valence-corrected chi connectivity index (χ4v) is 4.22. The Bertz CT molecular complexity index is 1200. The third-order valence-corrected chi connectivity index (χ3v) is 6.51. The van der Waals surface area contributed by atoms with E-state index in [1.165, 1.54) is 6.07 Å². The number of carbonyl (C=O) groups excluding carboxylic acids is 1. The van der Waals surface area contributed by atoms with Crippen molar-refractivity contribution < 1.29 is 21.8 Å². The quantitative estimate of drug-likeness (QED) is 0.393. The molecule has 0 heterocycles. The van der Waals surface area contributed by atoms with Gasteiger partial charge in [0.2, 0.25) is 0 Å². The average Bonchev–Trinajstić information content (AvgIpc) is 2.77. The van der Waals surface area contributed by atoms with Crippen molar-refractivity contribution in [1.82, 2.24) is 4.90 Å². The zero-order valence-corrected chi connectivity index (χ0v) is 19.2. The van der Waals surface area contributed by atoms with Crippen LogP contribution in [-0.2, 0) is 16.7 Å². The van der Waals surface area contributed by atoms with E-state index in [0.29, 0.717) is 16.1 Å². The molecule has 0 aliphatic heterocycles. The maximum atomic E-state index is 13.1. The lowest BCUT2D eigenvalue weighted by Crippen LogP contribution is -2.37. The fourth-order valence-electron chi connectivity index (χ4n) is 3.10. The van der Waals surface area contributed by atoms with Crippen LogP contribution in [0, 0.1) is 5.82 Å². The Hall–Kier alpha value is -2.90. The molecule has 0 spiro atoms. The summed E-state index contributed by atoms with van der Waals surface area (Å²) in [5, 5.41) is 0.473. The number of carbonyl (C=O) groups is 1. The molecule has 0 radical (unpaired) electrons. The SMILES string of the molecule is CCC(C)N(Cc1cccc(OS(=O)(=O)c2ccc(F)cc2)c1)C(=O)c1cccc(Cl)c1. The molecule has 1 amide bonds. The first-order valence-electron chi connectivity index (χ1n) is 10.0. The largest absolute Gasteiger partial charge is 0.379 e. The number of nitrogens with zero attached hydrogens (tertiary/aromatic N) is 1. The summed E-state index contributed by atoms with van der Waals surface area (Å²) in [6.45, 7) is 4.19. The molecule has 3 rings (SSSR count). The van der Waals surface area contributed by atoms with Crippen LogP contribution in [0.25, 0.3) is 0 Å². The molecule has 3 aromatic rings. The van der Waals surface area contributed by atoms with E-state index < -0.39 is 15.9 Å². The van der Waals surface area contributed by atoms with Gasteiger partial charge in [0.15, 0.2) is 0 Å². The molecule has 0 aromatic heterocycles. The van der Waals surface area contributed by atoms with Gasteiger partial charge in [-0.2, -0.15) is 8.42 Å². The lowest BCUT2D eigenvalue weighted by Gasteiger charge is -2.29. The Kier molecular flexibility index (Phi) is 7.53. The molecule has 5 nitrogen and oxygen atoms in total. The van der Waals surface area contributed by atoms with Gasteiger partial charge in [-0.1, -0.05) is 36.7 Å². The Labute approximate surface area is 192 Å². The predicted molar refractivity (Wildman–Crippen MR) is 122 cm³/mol. The van der Waals surface area contributed by atoms with Crippen LogP contribution in [0.5, 0.6) is 5.75 Å². The van der Waals surface area contributed by atoms with E-state index in [-0.39, 0.29) is 29.1 Å². The standard InChI is InChI=1S/C24H23ClFNO4S/c1-3-17(2)27(24(28)19-7-5-8-20(25)15-19)16-18-6-4-9-22(14-18)31-32(29,30)23-12-10-21(26)11-13-23/h4-15,17H,3,16H2,1-2H3. The lowest BCUT2D eigenvalue weighted by molar-refractivity contribution is 0.0671. The molecule has 0 aliphatic carbocycles. The highest BCUT2D eigenvalue weighted by atomic mass is 35.5. The second kappa shape index (κ2) is 10.1. The molecule has 0 bridgehead atoms. The Morgan fingerprint density at radius 1 is 1.06 bits per heavy atom. The highest BCUT2D eigenvalue weighted by Crippen LogP contribution is 2.23. The van der Waals surface area contributed by atoms with Crippen LogP contribution in [0.2, 0.25) is 5.02 Å². The van der Waals surface area contributed by atoms with Gasteiger partial charge in [-0.25, -0.2) is 4.39 Å². The molecule has 0 N–H and O–H groups in total. The third kappa shape index (κ3) is 5.87. The van der Waals surface area contributed by atoms with Gasteiger partial charge in [-0.3, -0.25) is 4.79 Å². The molecule has 3 aromatic carbocycles. The van der Waals surface area contributed by atoms with Gasteiger partial charge >= 0.3 is 10.1 Å². The Balaban J connectivity index is 1.83. The molecule has 0 aliphatic rings. The van der Waals surface area contributed by atoms with E-state index in [4.69, 9.17) is 15.8 Å². The van der Waals surface area contributed by atoms with E-state index in [2.05, 4.69) is 0 Å². The maximum absolute atomic E-state index is 13.1. The van der Waals surface area contributed by atoms with Crippen LogP contribution in [0.15, 0.2) is 77.7 Å². The predicted octanol–water partition coefficient (Wildman–Crippen LogP) is 5.69. The van der Waals surface area contributed by atoms with Gasteiger partial charge in [0.05, 0.1) is 0 Å². The molecule has 0 saturated heterocycles. The summed E-state index contributed by atoms with van der Waals surface area (Å²) in [5.41, 5.74) is 1.18. The zero-order valence-electron chi connectivity index (χ0n) is 17.7. The van der Waals surface area contributed by atoms with Crippen LogP contribution in [0.4, 0.5) is 4.39 Å². The van der Waals surface area contributed by atoms with E-state index in [1.54, 1.807) is 47.4 Å². The van der Waals surface area contributed by atoms with E-state index in [9.17, 15) is 17.6 Å². The summed E-state index contributed by atoms with van der Waals surface area (Å²) in [7, 11) is -4.12. The van der Waals surface area contributed by atoms with E-state index in [0.717, 1.165) is 30.7 Å². The average molecular weight is 476 g/mol. The molecule has 0 fully saturated rings. The molecule has 1 atom stereocenters. The van der Waals surface area contributed by atoms with Crippen molar-refractivity contribution in [3.05, 3.63) is 94.8 Å². The summed E-state index contributed by atoms with van der Waals surface area (Å²) in [6, 6.07) is 17.6. The monoisotopic (exact) mass is 475 g/mol. The number of hydrogen-bond acceptors (Lipinski definition) is 4. The summed E-state index contributed by atoms with van der Waals surface area (Å²) >= 11 is 6.04. The number of halogens is 2. The number of amides is 1. The highest BCUT2D eigenvalue weighted by molar-refractivity contribution is 7.87. The minimum Gasteiger partial charge on any atom is -0.379 e. The number of hydrogen-bond donors (Lipinski definition) is 0. The molecule has 168 valence electrons. The minimum atomic E-state index is -4.12. The van der Waals surface area contributed by atoms with Crippen molar-refractivity contribution in [2.45, 2.75) is 37.8 Å². The van der Waals surface area contributed by atoms with Gasteiger partial charge in [0, 0.05) is 23.2 Å². The van der Waals surface area contributed by atoms with Crippen LogP contribution in [-0.4, -0.2) is 25.3 Å². The van der Waals surface area contributed by atoms with Gasteiger partial charge in [0.25, 0.3) is 5.91 Å². The van der Waals surface area contributed by atoms with Crippen molar-refractivity contribution >= 4 is 27.6 Å². The smallest absolute Gasteiger partial charge is 0.339 e. The summed E-state index contributed by atoms with van der Waals surface area (Å²) in [6.07, 6.45) is 0.738. The second-order valence-corrected chi connectivity index (χ2v) is 9.32. The minimum absolute atomic E-state index is 0.0611. The van der Waals surface area contributed by atoms with Crippen molar-refractivity contribution in [2.75, 3.05) is 0 Å². The first-order valence-corrected chi connectivity index (χ1v) is 11.8. The van der Waals surface area contributed by atoms with Gasteiger partial charge in [-0.15, -0.1) is 0 Å². The number of rotatable bonds is 8. The maximum Gasteiger partial charge on any atom is 0.339 e. The van der Waals surface area contributed by atoms with Crippen molar-refractivity contribution in [3.8, 4) is 5.75 Å². The molecule has 1 unspecified atom stereocenters. The first-order chi connectivity index (χ1) is 15.2. The molecular weight excluding hydrogens is 453 g/mol. The lowest BCUT2D eigenvalue weighted by atomic mass is 10.1. The highest BCUT2D eigenvalue weighted by Gasteiger charge is 2.22. The van der Waals surface area contributed by atoms with Gasteiger partial charge in [-0.05, 0) is 73.5 Å².